The van der Waals surface area contributed by atoms with Crippen LogP contribution in [0.2, 0.25) is 0 Å². The van der Waals surface area contributed by atoms with E-state index in [-0.39, 0.29) is 5.78 Å². The number of ketones is 1. The van der Waals surface area contributed by atoms with E-state index in [1.54, 1.807) is 26.0 Å². The Morgan fingerprint density at radius 3 is 2.10 bits per heavy atom. The molecule has 0 atom stereocenters. The van der Waals surface area contributed by atoms with Crippen molar-refractivity contribution in [1.82, 2.24) is 0 Å². The van der Waals surface area contributed by atoms with Gasteiger partial charge >= 0.3 is 0 Å². The van der Waals surface area contributed by atoms with E-state index in [4.69, 9.17) is 14.2 Å². The average molecular weight is 415 g/mol. The molecule has 0 radical (unpaired) electrons. The third-order valence-corrected chi connectivity index (χ3v) is 5.77. The monoisotopic (exact) mass is 414 g/mol. The number of hydrogen-bond donors (Lipinski definition) is 2. The Morgan fingerprint density at radius 1 is 0.867 bits per heavy atom. The van der Waals surface area contributed by atoms with Gasteiger partial charge in [-0.25, -0.2) is 0 Å². The lowest BCUT2D eigenvalue weighted by molar-refractivity contribution is -1.02. The summed E-state index contributed by atoms with van der Waals surface area (Å²) in [5, 5.41) is 0. The molecule has 2 aromatic carbocycles. The Morgan fingerprint density at radius 2 is 1.50 bits per heavy atom. The largest absolute Gasteiger partial charge is 0.493 e. The maximum Gasteiger partial charge on any atom is 0.161 e. The number of hydrogen-bond acceptors (Lipinski definition) is 4. The number of ether oxygens (including phenoxy) is 3. The molecule has 0 aromatic heterocycles. The van der Waals surface area contributed by atoms with Crippen LogP contribution in [0.15, 0.2) is 36.4 Å². The Bertz CT molecular complexity index is 860. The summed E-state index contributed by atoms with van der Waals surface area (Å²) in [6.45, 7) is 10.5. The van der Waals surface area contributed by atoms with Crippen molar-refractivity contribution in [2.75, 3.05) is 47.0 Å². The first-order valence-electron chi connectivity index (χ1n) is 10.7. The van der Waals surface area contributed by atoms with E-state index in [1.165, 1.54) is 10.5 Å². The first kappa shape index (κ1) is 22.1. The van der Waals surface area contributed by atoms with Gasteiger partial charge in [0.1, 0.15) is 45.0 Å². The van der Waals surface area contributed by atoms with E-state index in [0.717, 1.165) is 67.6 Å². The van der Waals surface area contributed by atoms with Crippen LogP contribution in [0.5, 0.6) is 17.2 Å². The van der Waals surface area contributed by atoms with E-state index in [2.05, 4.69) is 12.1 Å². The molecule has 1 fully saturated rings. The van der Waals surface area contributed by atoms with Gasteiger partial charge in [-0.15, -0.1) is 0 Å². The van der Waals surface area contributed by atoms with E-state index in [1.807, 2.05) is 31.2 Å². The van der Waals surface area contributed by atoms with Crippen molar-refractivity contribution in [3.63, 3.8) is 0 Å². The zero-order chi connectivity index (χ0) is 21.5. The molecule has 1 aliphatic rings. The van der Waals surface area contributed by atoms with Gasteiger partial charge in [-0.1, -0.05) is 0 Å². The van der Waals surface area contributed by atoms with Crippen LogP contribution in [0, 0.1) is 0 Å². The Balaban J connectivity index is 1.60. The highest BCUT2D eigenvalue weighted by Crippen LogP contribution is 2.27. The van der Waals surface area contributed by atoms with Gasteiger partial charge in [0.05, 0.1) is 20.8 Å². The molecule has 0 aliphatic carbocycles. The molecule has 0 spiro atoms. The van der Waals surface area contributed by atoms with Crippen LogP contribution >= 0.6 is 0 Å². The molecule has 0 unspecified atom stereocenters. The standard InChI is InChI=1S/C24H32N2O4/c1-5-30-22-9-7-20(18(2)27)15-21(22)17-26-12-10-25(11-13-26)16-19-6-8-23(28-3)24(14-19)29-4/h6-9,14-15H,5,10-13,16-17H2,1-4H3/p+2. The molecular weight excluding hydrogens is 380 g/mol. The molecule has 6 heteroatoms. The SMILES string of the molecule is CCOc1ccc(C(C)=O)cc1C[NH+]1CC[NH+](Cc2ccc(OC)c(OC)c2)CC1. The minimum absolute atomic E-state index is 0.0958. The fraction of sp³-hybridized carbons (Fsp3) is 0.458. The third-order valence-electron chi connectivity index (χ3n) is 5.77. The second-order valence-electron chi connectivity index (χ2n) is 7.85. The molecule has 30 heavy (non-hydrogen) atoms. The van der Waals surface area contributed by atoms with Crippen molar-refractivity contribution >= 4 is 5.78 Å². The van der Waals surface area contributed by atoms with Crippen molar-refractivity contribution in [3.05, 3.63) is 53.1 Å². The van der Waals surface area contributed by atoms with Crippen molar-refractivity contribution in [1.29, 1.82) is 0 Å². The lowest BCUT2D eigenvalue weighted by atomic mass is 10.1. The predicted octanol–water partition coefficient (Wildman–Crippen LogP) is 0.789. The summed E-state index contributed by atoms with van der Waals surface area (Å²) in [5.74, 6) is 2.55. The quantitative estimate of drug-likeness (QED) is 0.596. The molecule has 6 nitrogen and oxygen atoms in total. The minimum Gasteiger partial charge on any atom is -0.493 e. The van der Waals surface area contributed by atoms with Gasteiger partial charge in [0, 0.05) is 16.7 Å². The molecule has 1 aliphatic heterocycles. The summed E-state index contributed by atoms with van der Waals surface area (Å²) in [6.07, 6.45) is 0. The first-order valence-corrected chi connectivity index (χ1v) is 10.7. The van der Waals surface area contributed by atoms with Crippen LogP contribution in [0.3, 0.4) is 0 Å². The van der Waals surface area contributed by atoms with Gasteiger partial charge < -0.3 is 24.0 Å². The second-order valence-corrected chi connectivity index (χ2v) is 7.85. The maximum absolute atomic E-state index is 11.8. The number of Topliss-reactive ketones (excluding diaryl/α,β-unsaturated/α-hetero) is 1. The third kappa shape index (κ3) is 5.52. The van der Waals surface area contributed by atoms with Gasteiger partial charge in [-0.2, -0.15) is 0 Å². The first-order chi connectivity index (χ1) is 14.5. The zero-order valence-electron chi connectivity index (χ0n) is 18.5. The van der Waals surface area contributed by atoms with Crippen LogP contribution < -0.4 is 24.0 Å². The number of quaternary nitrogens is 2. The normalized spacial score (nSPS) is 18.7. The van der Waals surface area contributed by atoms with Gasteiger partial charge in [0.2, 0.25) is 0 Å². The molecule has 162 valence electrons. The molecular formula is C24H34N2O4+2. The fourth-order valence-electron chi connectivity index (χ4n) is 4.09. The lowest BCUT2D eigenvalue weighted by Crippen LogP contribution is -3.27. The summed E-state index contributed by atoms with van der Waals surface area (Å²) in [5.41, 5.74) is 3.15. The Kier molecular flexibility index (Phi) is 7.71. The number of rotatable bonds is 9. The highest BCUT2D eigenvalue weighted by Gasteiger charge is 2.25. The van der Waals surface area contributed by atoms with Crippen LogP contribution in [-0.4, -0.2) is 52.8 Å². The molecule has 1 heterocycles. The molecule has 0 saturated carbocycles. The van der Waals surface area contributed by atoms with Crippen LogP contribution in [-0.2, 0) is 13.1 Å². The number of piperazine rings is 1. The molecule has 2 aromatic rings. The smallest absolute Gasteiger partial charge is 0.161 e. The summed E-state index contributed by atoms with van der Waals surface area (Å²) in [4.78, 5) is 14.9. The van der Waals surface area contributed by atoms with Crippen molar-refractivity contribution in [2.45, 2.75) is 26.9 Å². The Labute approximate surface area is 179 Å². The van der Waals surface area contributed by atoms with Crippen molar-refractivity contribution in [2.24, 2.45) is 0 Å². The minimum atomic E-state index is 0.0958. The topological polar surface area (TPSA) is 53.6 Å². The fourth-order valence-corrected chi connectivity index (χ4v) is 4.09. The summed E-state index contributed by atoms with van der Waals surface area (Å²) < 4.78 is 16.6. The van der Waals surface area contributed by atoms with E-state index in [9.17, 15) is 4.79 Å². The molecule has 3 rings (SSSR count). The molecule has 0 amide bonds. The number of carbonyl (C=O) groups is 1. The summed E-state index contributed by atoms with van der Waals surface area (Å²) in [7, 11) is 3.34. The van der Waals surface area contributed by atoms with Crippen LogP contribution in [0.4, 0.5) is 0 Å². The number of benzene rings is 2. The Hall–Kier alpha value is -2.57. The van der Waals surface area contributed by atoms with Crippen molar-refractivity contribution in [3.8, 4) is 17.2 Å². The number of nitrogens with one attached hydrogen (secondary N) is 2. The molecule has 1 saturated heterocycles. The predicted molar refractivity (Wildman–Crippen MR) is 116 cm³/mol. The summed E-state index contributed by atoms with van der Waals surface area (Å²) in [6, 6.07) is 12.0. The average Bonchev–Trinajstić information content (AvgIpc) is 2.76. The van der Waals surface area contributed by atoms with Gasteiger partial charge in [0.15, 0.2) is 17.3 Å². The molecule has 0 bridgehead atoms. The van der Waals surface area contributed by atoms with Gasteiger partial charge in [0.25, 0.3) is 0 Å². The van der Waals surface area contributed by atoms with Crippen molar-refractivity contribution < 1.29 is 28.8 Å². The van der Waals surface area contributed by atoms with Gasteiger partial charge in [-0.3, -0.25) is 4.79 Å². The van der Waals surface area contributed by atoms with E-state index < -0.39 is 0 Å². The highest BCUT2D eigenvalue weighted by molar-refractivity contribution is 5.94. The second kappa shape index (κ2) is 10.5. The number of methoxy groups -OCH3 is 2. The van der Waals surface area contributed by atoms with Crippen LogP contribution in [0.1, 0.15) is 35.3 Å². The van der Waals surface area contributed by atoms with E-state index in [0.29, 0.717) is 6.61 Å². The molecule has 2 N–H and O–H groups in total. The lowest BCUT2D eigenvalue weighted by Gasteiger charge is -2.30. The zero-order valence-corrected chi connectivity index (χ0v) is 18.5. The maximum atomic E-state index is 11.8. The summed E-state index contributed by atoms with van der Waals surface area (Å²) >= 11 is 0. The van der Waals surface area contributed by atoms with E-state index >= 15 is 0 Å². The van der Waals surface area contributed by atoms with Gasteiger partial charge in [-0.05, 0) is 50.2 Å². The highest BCUT2D eigenvalue weighted by atomic mass is 16.5. The number of carbonyl (C=O) groups excluding carboxylic acids is 1. The van der Waals surface area contributed by atoms with Crippen LogP contribution in [0.25, 0.3) is 0 Å².